The Balaban J connectivity index is 2.36. The molecule has 2 rings (SSSR count). The fourth-order valence-electron chi connectivity index (χ4n) is 1.52. The smallest absolute Gasteiger partial charge is 0.276 e. The summed E-state index contributed by atoms with van der Waals surface area (Å²) in [7, 11) is 1.55. The van der Waals surface area contributed by atoms with Crippen LogP contribution in [0.1, 0.15) is 0 Å². The first-order chi connectivity index (χ1) is 9.49. The Morgan fingerprint density at radius 3 is 2.80 bits per heavy atom. The predicted octanol–water partition coefficient (Wildman–Crippen LogP) is 4.16. The van der Waals surface area contributed by atoms with Gasteiger partial charge in [0.15, 0.2) is 0 Å². The van der Waals surface area contributed by atoms with Crippen LogP contribution in [0.15, 0.2) is 34.8 Å². The summed E-state index contributed by atoms with van der Waals surface area (Å²) in [5, 5.41) is 13.8. The van der Waals surface area contributed by atoms with E-state index in [-0.39, 0.29) is 16.7 Å². The third-order valence-corrected chi connectivity index (χ3v) is 3.31. The van der Waals surface area contributed by atoms with Gasteiger partial charge in [0, 0.05) is 10.5 Å². The topological polar surface area (TPSA) is 77.3 Å². The number of halogens is 2. The number of nitrogens with zero attached hydrogens (tertiary/aromatic N) is 2. The molecule has 1 aromatic heterocycles. The van der Waals surface area contributed by atoms with E-state index in [1.807, 2.05) is 0 Å². The van der Waals surface area contributed by atoms with Crippen molar-refractivity contribution in [2.45, 2.75) is 0 Å². The van der Waals surface area contributed by atoms with Gasteiger partial charge in [-0.2, -0.15) is 0 Å². The Labute approximate surface area is 128 Å². The second kappa shape index (κ2) is 6.06. The van der Waals surface area contributed by atoms with Gasteiger partial charge in [0.25, 0.3) is 5.69 Å². The van der Waals surface area contributed by atoms with Gasteiger partial charge in [0.05, 0.1) is 29.9 Å². The van der Waals surface area contributed by atoms with Crippen LogP contribution in [0.3, 0.4) is 0 Å². The highest BCUT2D eigenvalue weighted by Gasteiger charge is 2.11. The van der Waals surface area contributed by atoms with E-state index in [4.69, 9.17) is 16.3 Å². The van der Waals surface area contributed by atoms with Gasteiger partial charge in [-0.25, -0.2) is 4.98 Å². The summed E-state index contributed by atoms with van der Waals surface area (Å²) in [6, 6.07) is 7.80. The maximum absolute atomic E-state index is 10.8. The van der Waals surface area contributed by atoms with E-state index < -0.39 is 4.92 Å². The number of rotatable bonds is 4. The lowest BCUT2D eigenvalue weighted by atomic mass is 10.3. The summed E-state index contributed by atoms with van der Waals surface area (Å²) in [5.74, 6) is 0.922. The van der Waals surface area contributed by atoms with Crippen LogP contribution in [0.2, 0.25) is 5.15 Å². The van der Waals surface area contributed by atoms with Crippen LogP contribution in [-0.2, 0) is 0 Å². The van der Waals surface area contributed by atoms with Gasteiger partial charge in [-0.15, -0.1) is 0 Å². The molecule has 0 aliphatic heterocycles. The quantitative estimate of drug-likeness (QED) is 0.504. The highest BCUT2D eigenvalue weighted by atomic mass is 79.9. The molecular weight excluding hydrogens is 350 g/mol. The van der Waals surface area contributed by atoms with Crippen LogP contribution >= 0.6 is 27.5 Å². The average molecular weight is 359 g/mol. The number of hydrogen-bond acceptors (Lipinski definition) is 5. The minimum atomic E-state index is -0.528. The molecule has 2 aromatic rings. The van der Waals surface area contributed by atoms with E-state index >= 15 is 0 Å². The molecular formula is C12H9BrClN3O3. The number of nitrogens with one attached hydrogen (secondary N) is 1. The molecule has 0 unspecified atom stereocenters. The lowest BCUT2D eigenvalue weighted by Crippen LogP contribution is -1.97. The number of hydrogen-bond donors (Lipinski definition) is 1. The Morgan fingerprint density at radius 2 is 2.15 bits per heavy atom. The number of ether oxygens (including phenoxy) is 1. The molecule has 0 atom stereocenters. The number of methoxy groups -OCH3 is 1. The van der Waals surface area contributed by atoms with Gasteiger partial charge < -0.3 is 10.1 Å². The minimum absolute atomic E-state index is 0.0423. The third kappa shape index (κ3) is 3.37. The number of benzene rings is 1. The van der Waals surface area contributed by atoms with Crippen molar-refractivity contribution in [3.8, 4) is 5.75 Å². The van der Waals surface area contributed by atoms with Crippen LogP contribution < -0.4 is 10.1 Å². The van der Waals surface area contributed by atoms with Crippen molar-refractivity contribution in [2.75, 3.05) is 12.4 Å². The molecule has 0 fully saturated rings. The molecule has 0 aliphatic carbocycles. The van der Waals surface area contributed by atoms with E-state index in [1.54, 1.807) is 25.3 Å². The van der Waals surface area contributed by atoms with Crippen molar-refractivity contribution >= 4 is 44.7 Å². The number of aromatic nitrogens is 1. The van der Waals surface area contributed by atoms with Gasteiger partial charge in [0.1, 0.15) is 16.7 Å². The summed E-state index contributed by atoms with van der Waals surface area (Å²) < 4.78 is 5.88. The molecule has 0 bridgehead atoms. The molecule has 8 heteroatoms. The molecule has 0 aliphatic rings. The predicted molar refractivity (Wildman–Crippen MR) is 79.9 cm³/mol. The van der Waals surface area contributed by atoms with Crippen LogP contribution in [0.25, 0.3) is 0 Å². The standard InChI is InChI=1S/C12H9BrClN3O3/c1-20-8-2-3-9(13)10(6-8)15-12-5-7(17(18)19)4-11(14)16-12/h2-6H,1H3,(H,15,16). The van der Waals surface area contributed by atoms with Crippen molar-refractivity contribution in [3.63, 3.8) is 0 Å². The number of anilines is 2. The first-order valence-corrected chi connectivity index (χ1v) is 6.59. The second-order valence-corrected chi connectivity index (χ2v) is 5.00. The number of nitro groups is 1. The van der Waals surface area contributed by atoms with E-state index in [0.29, 0.717) is 11.4 Å². The van der Waals surface area contributed by atoms with E-state index in [1.165, 1.54) is 12.1 Å². The Morgan fingerprint density at radius 1 is 1.40 bits per heavy atom. The molecule has 0 saturated heterocycles. The third-order valence-electron chi connectivity index (χ3n) is 2.43. The van der Waals surface area contributed by atoms with Gasteiger partial charge in [-0.05, 0) is 28.1 Å². The van der Waals surface area contributed by atoms with Crippen LogP contribution in [0.4, 0.5) is 17.2 Å². The van der Waals surface area contributed by atoms with E-state index in [9.17, 15) is 10.1 Å². The fraction of sp³-hybridized carbons (Fsp3) is 0.0833. The summed E-state index contributed by atoms with van der Waals surface area (Å²) in [6.45, 7) is 0. The highest BCUT2D eigenvalue weighted by Crippen LogP contribution is 2.30. The van der Waals surface area contributed by atoms with Gasteiger partial charge in [0.2, 0.25) is 0 Å². The monoisotopic (exact) mass is 357 g/mol. The maximum atomic E-state index is 10.8. The van der Waals surface area contributed by atoms with Crippen molar-refractivity contribution in [3.05, 3.63) is 50.1 Å². The molecule has 6 nitrogen and oxygen atoms in total. The normalized spacial score (nSPS) is 10.2. The minimum Gasteiger partial charge on any atom is -0.497 e. The highest BCUT2D eigenvalue weighted by molar-refractivity contribution is 9.10. The zero-order valence-electron chi connectivity index (χ0n) is 10.3. The van der Waals surface area contributed by atoms with Crippen LogP contribution in [0.5, 0.6) is 5.75 Å². The lowest BCUT2D eigenvalue weighted by molar-refractivity contribution is -0.384. The summed E-state index contributed by atoms with van der Waals surface area (Å²) >= 11 is 9.14. The second-order valence-electron chi connectivity index (χ2n) is 3.76. The zero-order valence-corrected chi connectivity index (χ0v) is 12.6. The Kier molecular flexibility index (Phi) is 4.41. The lowest BCUT2D eigenvalue weighted by Gasteiger charge is -2.09. The maximum Gasteiger partial charge on any atom is 0.276 e. The van der Waals surface area contributed by atoms with Crippen molar-refractivity contribution < 1.29 is 9.66 Å². The summed E-state index contributed by atoms with van der Waals surface area (Å²) in [6.07, 6.45) is 0. The Hall–Kier alpha value is -1.86. The molecule has 1 heterocycles. The Bertz CT molecular complexity index is 666. The SMILES string of the molecule is COc1ccc(Br)c(Nc2cc([N+](=O)[O-])cc(Cl)n2)c1. The van der Waals surface area contributed by atoms with Gasteiger partial charge in [-0.1, -0.05) is 11.6 Å². The first-order valence-electron chi connectivity index (χ1n) is 5.42. The van der Waals surface area contributed by atoms with E-state index in [0.717, 1.165) is 4.47 Å². The molecule has 20 heavy (non-hydrogen) atoms. The van der Waals surface area contributed by atoms with Gasteiger partial charge in [-0.3, -0.25) is 10.1 Å². The van der Waals surface area contributed by atoms with Crippen molar-refractivity contribution in [1.29, 1.82) is 0 Å². The molecule has 0 spiro atoms. The molecule has 1 aromatic carbocycles. The molecule has 0 saturated carbocycles. The van der Waals surface area contributed by atoms with E-state index in [2.05, 4.69) is 26.2 Å². The van der Waals surface area contributed by atoms with Crippen molar-refractivity contribution in [2.24, 2.45) is 0 Å². The molecule has 1 N–H and O–H groups in total. The van der Waals surface area contributed by atoms with Crippen LogP contribution in [0, 0.1) is 10.1 Å². The molecule has 0 amide bonds. The summed E-state index contributed by atoms with van der Waals surface area (Å²) in [4.78, 5) is 14.3. The molecule has 104 valence electrons. The average Bonchev–Trinajstić information content (AvgIpc) is 2.40. The fourth-order valence-corrected chi connectivity index (χ4v) is 2.07. The number of pyridine rings is 1. The first kappa shape index (κ1) is 14.5. The molecule has 0 radical (unpaired) electrons. The summed E-state index contributed by atoms with van der Waals surface area (Å²) in [5.41, 5.74) is 0.528. The van der Waals surface area contributed by atoms with Crippen LogP contribution in [-0.4, -0.2) is 17.0 Å². The van der Waals surface area contributed by atoms with Crippen molar-refractivity contribution in [1.82, 2.24) is 4.98 Å². The zero-order chi connectivity index (χ0) is 14.7. The van der Waals surface area contributed by atoms with Gasteiger partial charge >= 0.3 is 0 Å². The largest absolute Gasteiger partial charge is 0.497 e.